The van der Waals surface area contributed by atoms with Gasteiger partial charge in [-0.05, 0) is 55.3 Å². The van der Waals surface area contributed by atoms with Gasteiger partial charge >= 0.3 is 0 Å². The number of carbonyl (C=O) groups excluding carboxylic acids is 1. The van der Waals surface area contributed by atoms with Crippen molar-refractivity contribution in [2.24, 2.45) is 0 Å². The first-order valence-electron chi connectivity index (χ1n) is 6.47. The topological polar surface area (TPSA) is 55.1 Å². The number of nitrogen functional groups attached to an aromatic ring is 1. The Labute approximate surface area is 127 Å². The molecule has 0 atom stereocenters. The fourth-order valence-corrected chi connectivity index (χ4v) is 2.48. The number of hydrogen-bond acceptors (Lipinski definition) is 3. The summed E-state index contributed by atoms with van der Waals surface area (Å²) in [4.78, 5) is 11.5. The average molecular weight is 333 g/mol. The van der Waals surface area contributed by atoms with Crippen molar-refractivity contribution >= 4 is 38.8 Å². The summed E-state index contributed by atoms with van der Waals surface area (Å²) >= 11 is 3.47. The van der Waals surface area contributed by atoms with E-state index in [-0.39, 0.29) is 5.78 Å². The van der Waals surface area contributed by atoms with Crippen LogP contribution >= 0.6 is 15.9 Å². The first-order chi connectivity index (χ1) is 9.51. The molecule has 0 spiro atoms. The van der Waals surface area contributed by atoms with Gasteiger partial charge in [0.05, 0.1) is 0 Å². The third-order valence-corrected chi connectivity index (χ3v) is 3.65. The van der Waals surface area contributed by atoms with Crippen molar-refractivity contribution in [2.45, 2.75) is 20.3 Å². The lowest BCUT2D eigenvalue weighted by molar-refractivity contribution is 0.101. The predicted octanol–water partition coefficient (Wildman–Crippen LogP) is 4.54. The lowest BCUT2D eigenvalue weighted by Crippen LogP contribution is -2.02. The minimum absolute atomic E-state index is 0.0299. The molecule has 0 aromatic heterocycles. The van der Waals surface area contributed by atoms with Crippen LogP contribution in [0, 0.1) is 0 Å². The van der Waals surface area contributed by atoms with Crippen LogP contribution in [-0.4, -0.2) is 5.78 Å². The van der Waals surface area contributed by atoms with Crippen LogP contribution in [0.25, 0.3) is 0 Å². The van der Waals surface area contributed by atoms with E-state index >= 15 is 0 Å². The molecule has 0 unspecified atom stereocenters. The van der Waals surface area contributed by atoms with Crippen LogP contribution in [0.4, 0.5) is 17.1 Å². The smallest absolute Gasteiger partial charge is 0.161 e. The fourth-order valence-electron chi connectivity index (χ4n) is 2.07. The standard InChI is InChI=1S/C16H17BrN2O/c1-3-11-8-12(17)4-7-16(11)19-13-5-6-15(18)14(9-13)10(2)20/h4-9,19H,3,18H2,1-2H3. The lowest BCUT2D eigenvalue weighted by atomic mass is 10.1. The summed E-state index contributed by atoms with van der Waals surface area (Å²) in [6, 6.07) is 11.5. The van der Waals surface area contributed by atoms with Crippen LogP contribution < -0.4 is 11.1 Å². The summed E-state index contributed by atoms with van der Waals surface area (Å²) in [5, 5.41) is 3.34. The van der Waals surface area contributed by atoms with E-state index in [1.54, 1.807) is 12.1 Å². The summed E-state index contributed by atoms with van der Waals surface area (Å²) in [5.41, 5.74) is 9.97. The van der Waals surface area contributed by atoms with E-state index in [4.69, 9.17) is 5.73 Å². The predicted molar refractivity (Wildman–Crippen MR) is 87.7 cm³/mol. The van der Waals surface area contributed by atoms with E-state index in [1.807, 2.05) is 18.2 Å². The van der Waals surface area contributed by atoms with Gasteiger partial charge in [0.1, 0.15) is 0 Å². The molecule has 0 saturated heterocycles. The van der Waals surface area contributed by atoms with Gasteiger partial charge in [-0.2, -0.15) is 0 Å². The number of Topliss-reactive ketones (excluding diaryl/α,β-unsaturated/α-hetero) is 1. The molecule has 0 aliphatic carbocycles. The van der Waals surface area contributed by atoms with E-state index in [9.17, 15) is 4.79 Å². The Bertz CT molecular complexity index is 653. The van der Waals surface area contributed by atoms with Gasteiger partial charge in [-0.25, -0.2) is 0 Å². The lowest BCUT2D eigenvalue weighted by Gasteiger charge is -2.13. The highest BCUT2D eigenvalue weighted by atomic mass is 79.9. The molecule has 0 radical (unpaired) electrons. The molecule has 2 aromatic rings. The zero-order valence-corrected chi connectivity index (χ0v) is 13.1. The van der Waals surface area contributed by atoms with Gasteiger partial charge in [0.2, 0.25) is 0 Å². The number of benzene rings is 2. The highest BCUT2D eigenvalue weighted by Crippen LogP contribution is 2.26. The fraction of sp³-hybridized carbons (Fsp3) is 0.188. The molecule has 0 aliphatic rings. The number of aryl methyl sites for hydroxylation is 1. The van der Waals surface area contributed by atoms with Gasteiger partial charge in [0.25, 0.3) is 0 Å². The minimum atomic E-state index is -0.0299. The molecular weight excluding hydrogens is 316 g/mol. The molecular formula is C16H17BrN2O. The zero-order chi connectivity index (χ0) is 14.7. The summed E-state index contributed by atoms with van der Waals surface area (Å²) in [6.45, 7) is 3.63. The Morgan fingerprint density at radius 2 is 2.00 bits per heavy atom. The molecule has 2 rings (SSSR count). The van der Waals surface area contributed by atoms with Gasteiger partial charge < -0.3 is 11.1 Å². The van der Waals surface area contributed by atoms with Crippen molar-refractivity contribution in [3.8, 4) is 0 Å². The van der Waals surface area contributed by atoms with Crippen molar-refractivity contribution in [1.82, 2.24) is 0 Å². The number of anilines is 3. The van der Waals surface area contributed by atoms with E-state index in [2.05, 4.69) is 34.2 Å². The van der Waals surface area contributed by atoms with Crippen LogP contribution in [0.2, 0.25) is 0 Å². The second-order valence-corrected chi connectivity index (χ2v) is 5.55. The summed E-state index contributed by atoms with van der Waals surface area (Å²) < 4.78 is 1.06. The first-order valence-corrected chi connectivity index (χ1v) is 7.26. The average Bonchev–Trinajstić information content (AvgIpc) is 2.42. The molecule has 0 aliphatic heterocycles. The van der Waals surface area contributed by atoms with Gasteiger partial charge in [0, 0.05) is 27.1 Å². The number of halogens is 1. The number of ketones is 1. The summed E-state index contributed by atoms with van der Waals surface area (Å²) in [7, 11) is 0. The van der Waals surface area contributed by atoms with E-state index in [0.717, 1.165) is 22.3 Å². The zero-order valence-electron chi connectivity index (χ0n) is 11.5. The van der Waals surface area contributed by atoms with Gasteiger partial charge in [0.15, 0.2) is 5.78 Å². The van der Waals surface area contributed by atoms with Crippen molar-refractivity contribution in [3.63, 3.8) is 0 Å². The number of nitrogens with one attached hydrogen (secondary N) is 1. The molecule has 3 N–H and O–H groups in total. The molecule has 4 heteroatoms. The third kappa shape index (κ3) is 3.20. The highest BCUT2D eigenvalue weighted by molar-refractivity contribution is 9.10. The maximum absolute atomic E-state index is 11.5. The Kier molecular flexibility index (Phi) is 4.45. The maximum Gasteiger partial charge on any atom is 0.161 e. The SMILES string of the molecule is CCc1cc(Br)ccc1Nc1ccc(N)c(C(C)=O)c1. The largest absolute Gasteiger partial charge is 0.398 e. The third-order valence-electron chi connectivity index (χ3n) is 3.16. The molecule has 0 saturated carbocycles. The van der Waals surface area contributed by atoms with Gasteiger partial charge in [-0.1, -0.05) is 22.9 Å². The van der Waals surface area contributed by atoms with Gasteiger partial charge in [-0.3, -0.25) is 4.79 Å². The number of rotatable bonds is 4. The van der Waals surface area contributed by atoms with Crippen molar-refractivity contribution in [1.29, 1.82) is 0 Å². The van der Waals surface area contributed by atoms with Crippen LogP contribution in [0.5, 0.6) is 0 Å². The minimum Gasteiger partial charge on any atom is -0.398 e. The highest BCUT2D eigenvalue weighted by Gasteiger charge is 2.07. The summed E-state index contributed by atoms with van der Waals surface area (Å²) in [6.07, 6.45) is 0.927. The Morgan fingerprint density at radius 1 is 1.25 bits per heavy atom. The van der Waals surface area contributed by atoms with E-state index in [1.165, 1.54) is 12.5 Å². The normalized spacial score (nSPS) is 10.3. The Balaban J connectivity index is 2.35. The molecule has 0 bridgehead atoms. The second kappa shape index (κ2) is 6.09. The van der Waals surface area contributed by atoms with Gasteiger partial charge in [-0.15, -0.1) is 0 Å². The Hall–Kier alpha value is -1.81. The Morgan fingerprint density at radius 3 is 2.65 bits per heavy atom. The number of hydrogen-bond donors (Lipinski definition) is 2. The molecule has 0 amide bonds. The van der Waals surface area contributed by atoms with Crippen LogP contribution in [0.15, 0.2) is 40.9 Å². The number of nitrogens with two attached hydrogens (primary N) is 1. The molecule has 0 heterocycles. The monoisotopic (exact) mass is 332 g/mol. The first kappa shape index (κ1) is 14.6. The quantitative estimate of drug-likeness (QED) is 0.638. The van der Waals surface area contributed by atoms with Crippen molar-refractivity contribution < 1.29 is 4.79 Å². The van der Waals surface area contributed by atoms with Crippen LogP contribution in [0.1, 0.15) is 29.8 Å². The molecule has 2 aromatic carbocycles. The van der Waals surface area contributed by atoms with Crippen molar-refractivity contribution in [3.05, 3.63) is 52.0 Å². The molecule has 20 heavy (non-hydrogen) atoms. The molecule has 3 nitrogen and oxygen atoms in total. The van der Waals surface area contributed by atoms with Crippen LogP contribution in [0.3, 0.4) is 0 Å². The van der Waals surface area contributed by atoms with Crippen molar-refractivity contribution in [2.75, 3.05) is 11.1 Å². The number of carbonyl (C=O) groups is 1. The van der Waals surface area contributed by atoms with Crippen LogP contribution in [-0.2, 0) is 6.42 Å². The van der Waals surface area contributed by atoms with E-state index < -0.39 is 0 Å². The molecule has 0 fully saturated rings. The second-order valence-electron chi connectivity index (χ2n) is 4.64. The summed E-state index contributed by atoms with van der Waals surface area (Å²) in [5.74, 6) is -0.0299. The molecule has 104 valence electrons. The maximum atomic E-state index is 11.5. The van der Waals surface area contributed by atoms with E-state index in [0.29, 0.717) is 11.3 Å².